The molecule has 0 amide bonds. The SMILES string of the molecule is O=C(OCc1ccccc1)c1ccc(O)cc1.c1ccc2c(c1)CO2. The summed E-state index contributed by atoms with van der Waals surface area (Å²) in [5.74, 6) is 0.783. The van der Waals surface area contributed by atoms with E-state index in [1.165, 1.54) is 29.8 Å². The molecule has 25 heavy (non-hydrogen) atoms. The highest BCUT2D eigenvalue weighted by Crippen LogP contribution is 2.27. The number of carbonyl (C=O) groups excluding carboxylic acids is 1. The lowest BCUT2D eigenvalue weighted by Gasteiger charge is -2.18. The van der Waals surface area contributed by atoms with Crippen LogP contribution in [-0.4, -0.2) is 11.1 Å². The van der Waals surface area contributed by atoms with Crippen LogP contribution < -0.4 is 4.74 Å². The number of aromatic hydroxyl groups is 1. The molecule has 0 unspecified atom stereocenters. The molecule has 0 aromatic heterocycles. The van der Waals surface area contributed by atoms with Crippen molar-refractivity contribution in [3.8, 4) is 11.5 Å². The number of hydrogen-bond donors (Lipinski definition) is 1. The van der Waals surface area contributed by atoms with Crippen LogP contribution in [0.4, 0.5) is 0 Å². The topological polar surface area (TPSA) is 55.8 Å². The fourth-order valence-electron chi connectivity index (χ4n) is 2.24. The van der Waals surface area contributed by atoms with E-state index in [0.29, 0.717) is 5.56 Å². The monoisotopic (exact) mass is 334 g/mol. The first-order valence-electron chi connectivity index (χ1n) is 7.93. The van der Waals surface area contributed by atoms with E-state index >= 15 is 0 Å². The fraction of sp³-hybridized carbons (Fsp3) is 0.0952. The van der Waals surface area contributed by atoms with Crippen LogP contribution in [0.5, 0.6) is 11.5 Å². The molecule has 4 nitrogen and oxygen atoms in total. The number of rotatable bonds is 3. The van der Waals surface area contributed by atoms with Crippen molar-refractivity contribution in [2.75, 3.05) is 0 Å². The smallest absolute Gasteiger partial charge is 0.338 e. The second-order valence-corrected chi connectivity index (χ2v) is 5.51. The van der Waals surface area contributed by atoms with Crippen molar-refractivity contribution in [3.05, 3.63) is 95.6 Å². The van der Waals surface area contributed by atoms with E-state index in [-0.39, 0.29) is 12.4 Å². The van der Waals surface area contributed by atoms with Crippen LogP contribution in [0.1, 0.15) is 21.5 Å². The van der Waals surface area contributed by atoms with Gasteiger partial charge in [-0.1, -0.05) is 48.5 Å². The molecule has 0 saturated heterocycles. The number of hydrogen-bond acceptors (Lipinski definition) is 4. The van der Waals surface area contributed by atoms with E-state index in [1.54, 1.807) is 0 Å². The lowest BCUT2D eigenvalue weighted by atomic mass is 10.1. The van der Waals surface area contributed by atoms with Gasteiger partial charge < -0.3 is 14.6 Å². The zero-order valence-electron chi connectivity index (χ0n) is 13.6. The number of ether oxygens (including phenoxy) is 2. The molecule has 4 heteroatoms. The number of fused-ring (bicyclic) bond motifs is 1. The van der Waals surface area contributed by atoms with Crippen molar-refractivity contribution in [2.24, 2.45) is 0 Å². The summed E-state index contributed by atoms with van der Waals surface area (Å²) >= 11 is 0. The molecule has 1 heterocycles. The average Bonchev–Trinajstić information content (AvgIpc) is 2.63. The summed E-state index contributed by atoms with van der Waals surface area (Å²) in [6.45, 7) is 1.05. The first-order valence-corrected chi connectivity index (χ1v) is 7.93. The Morgan fingerprint density at radius 1 is 0.920 bits per heavy atom. The number of phenols is 1. The number of para-hydroxylation sites is 1. The minimum Gasteiger partial charge on any atom is -0.508 e. The Morgan fingerprint density at radius 2 is 1.60 bits per heavy atom. The number of carbonyl (C=O) groups is 1. The molecule has 0 fully saturated rings. The predicted octanol–water partition coefficient (Wildman–Crippen LogP) is 4.33. The molecular formula is C21H18O4. The molecular weight excluding hydrogens is 316 g/mol. The molecule has 0 aliphatic carbocycles. The molecule has 4 rings (SSSR count). The molecule has 126 valence electrons. The van der Waals surface area contributed by atoms with Gasteiger partial charge in [-0.3, -0.25) is 0 Å². The molecule has 3 aromatic carbocycles. The molecule has 0 bridgehead atoms. The van der Waals surface area contributed by atoms with E-state index in [2.05, 4.69) is 6.07 Å². The van der Waals surface area contributed by atoms with Crippen LogP contribution in [0.15, 0.2) is 78.9 Å². The maximum absolute atomic E-state index is 11.6. The average molecular weight is 334 g/mol. The van der Waals surface area contributed by atoms with Gasteiger partial charge in [0.1, 0.15) is 24.7 Å². The Kier molecular flexibility index (Phi) is 5.32. The third kappa shape index (κ3) is 4.61. The van der Waals surface area contributed by atoms with Gasteiger partial charge in [-0.15, -0.1) is 0 Å². The van der Waals surface area contributed by atoms with Crippen LogP contribution in [0.2, 0.25) is 0 Å². The zero-order chi connectivity index (χ0) is 17.5. The van der Waals surface area contributed by atoms with E-state index in [4.69, 9.17) is 14.6 Å². The third-order valence-corrected chi connectivity index (χ3v) is 3.67. The van der Waals surface area contributed by atoms with Gasteiger partial charge in [0.15, 0.2) is 0 Å². The van der Waals surface area contributed by atoms with Crippen LogP contribution >= 0.6 is 0 Å². The van der Waals surface area contributed by atoms with Gasteiger partial charge in [0, 0.05) is 5.56 Å². The van der Waals surface area contributed by atoms with Crippen molar-refractivity contribution in [1.82, 2.24) is 0 Å². The quantitative estimate of drug-likeness (QED) is 0.725. The minimum absolute atomic E-state index is 0.129. The number of benzene rings is 3. The summed E-state index contributed by atoms with van der Waals surface area (Å²) in [7, 11) is 0. The Labute approximate surface area is 146 Å². The normalized spacial score (nSPS) is 11.0. The summed E-state index contributed by atoms with van der Waals surface area (Å²) in [5.41, 5.74) is 2.70. The number of esters is 1. The molecule has 0 spiro atoms. The van der Waals surface area contributed by atoms with Gasteiger partial charge >= 0.3 is 5.97 Å². The van der Waals surface area contributed by atoms with Crippen LogP contribution in [0, 0.1) is 0 Å². The summed E-state index contributed by atoms with van der Waals surface area (Å²) in [5, 5.41) is 9.09. The van der Waals surface area contributed by atoms with Gasteiger partial charge in [-0.25, -0.2) is 4.79 Å². The molecule has 1 aliphatic heterocycles. The minimum atomic E-state index is -0.395. The van der Waals surface area contributed by atoms with E-state index in [9.17, 15) is 4.79 Å². The highest BCUT2D eigenvalue weighted by atomic mass is 16.5. The van der Waals surface area contributed by atoms with Crippen molar-refractivity contribution in [1.29, 1.82) is 0 Å². The summed E-state index contributed by atoms with van der Waals surface area (Å²) < 4.78 is 10.2. The summed E-state index contributed by atoms with van der Waals surface area (Å²) in [4.78, 5) is 11.6. The highest BCUT2D eigenvalue weighted by molar-refractivity contribution is 5.89. The largest absolute Gasteiger partial charge is 0.508 e. The van der Waals surface area contributed by atoms with Crippen LogP contribution in [-0.2, 0) is 18.0 Å². The van der Waals surface area contributed by atoms with E-state index in [1.807, 2.05) is 48.5 Å². The Bertz CT molecular complexity index is 803. The molecule has 0 radical (unpaired) electrons. The maximum atomic E-state index is 11.6. The molecule has 0 saturated carbocycles. The van der Waals surface area contributed by atoms with E-state index < -0.39 is 5.97 Å². The second kappa shape index (κ2) is 8.02. The highest BCUT2D eigenvalue weighted by Gasteiger charge is 2.10. The second-order valence-electron chi connectivity index (χ2n) is 5.51. The van der Waals surface area contributed by atoms with Gasteiger partial charge in [0.25, 0.3) is 0 Å². The van der Waals surface area contributed by atoms with E-state index in [0.717, 1.165) is 17.9 Å². The fourth-order valence-corrected chi connectivity index (χ4v) is 2.24. The lowest BCUT2D eigenvalue weighted by Crippen LogP contribution is -2.07. The van der Waals surface area contributed by atoms with Crippen molar-refractivity contribution in [2.45, 2.75) is 13.2 Å². The van der Waals surface area contributed by atoms with Crippen molar-refractivity contribution in [3.63, 3.8) is 0 Å². The molecule has 3 aromatic rings. The number of phenolic OH excluding ortho intramolecular Hbond substituents is 1. The van der Waals surface area contributed by atoms with Gasteiger partial charge in [0.05, 0.1) is 5.56 Å². The third-order valence-electron chi connectivity index (χ3n) is 3.67. The van der Waals surface area contributed by atoms with Crippen LogP contribution in [0.25, 0.3) is 0 Å². The predicted molar refractivity (Wildman–Crippen MR) is 94.4 cm³/mol. The Balaban J connectivity index is 0.000000188. The standard InChI is InChI=1S/C14H12O3.C7H6O/c15-13-8-6-12(7-9-13)14(16)17-10-11-4-2-1-3-5-11;1-2-4-7-6(3-1)5-8-7/h1-9,15H,10H2;1-4H,5H2. The molecule has 1 N–H and O–H groups in total. The van der Waals surface area contributed by atoms with Crippen molar-refractivity contribution < 1.29 is 19.4 Å². The maximum Gasteiger partial charge on any atom is 0.338 e. The van der Waals surface area contributed by atoms with Gasteiger partial charge in [0.2, 0.25) is 0 Å². The van der Waals surface area contributed by atoms with Gasteiger partial charge in [-0.05, 0) is 35.9 Å². The summed E-state index contributed by atoms with van der Waals surface area (Å²) in [6.07, 6.45) is 0. The zero-order valence-corrected chi connectivity index (χ0v) is 13.6. The molecule has 0 atom stereocenters. The Morgan fingerprint density at radius 3 is 2.16 bits per heavy atom. The first-order chi connectivity index (χ1) is 12.2. The van der Waals surface area contributed by atoms with Crippen LogP contribution in [0.3, 0.4) is 0 Å². The Hall–Kier alpha value is -3.27. The molecule has 1 aliphatic rings. The first kappa shape index (κ1) is 16.6. The summed E-state index contributed by atoms with van der Waals surface area (Å²) in [6, 6.07) is 23.5. The van der Waals surface area contributed by atoms with Crippen molar-refractivity contribution >= 4 is 5.97 Å². The lowest BCUT2D eigenvalue weighted by molar-refractivity contribution is 0.0472. The van der Waals surface area contributed by atoms with Gasteiger partial charge in [-0.2, -0.15) is 0 Å².